The molecule has 150 valence electrons. The van der Waals surface area contributed by atoms with E-state index in [1.165, 1.54) is 11.1 Å². The smallest absolute Gasteiger partial charge is 0.306 e. The molecule has 28 heavy (non-hydrogen) atoms. The van der Waals surface area contributed by atoms with Crippen LogP contribution in [0.15, 0.2) is 24.3 Å². The molecular weight excluding hydrogens is 356 g/mol. The zero-order valence-corrected chi connectivity index (χ0v) is 16.5. The van der Waals surface area contributed by atoms with E-state index in [1.807, 2.05) is 12.1 Å². The Kier molecular flexibility index (Phi) is 4.18. The predicted molar refractivity (Wildman–Crippen MR) is 105 cm³/mol. The summed E-state index contributed by atoms with van der Waals surface area (Å²) >= 11 is 0. The molecule has 0 radical (unpaired) electrons. The van der Waals surface area contributed by atoms with Gasteiger partial charge in [-0.05, 0) is 57.1 Å². The van der Waals surface area contributed by atoms with Gasteiger partial charge in [-0.15, -0.1) is 0 Å². The van der Waals surface area contributed by atoms with Crippen LogP contribution in [0.1, 0.15) is 30.4 Å². The fraction of sp³-hybridized carbons (Fsp3) is 0.591. The van der Waals surface area contributed by atoms with Crippen molar-refractivity contribution in [2.45, 2.75) is 49.3 Å². The van der Waals surface area contributed by atoms with Crippen LogP contribution in [0.4, 0.5) is 0 Å². The van der Waals surface area contributed by atoms with Crippen molar-refractivity contribution in [2.75, 3.05) is 27.2 Å². The number of hydrogen-bond donors (Lipinski definition) is 1. The van der Waals surface area contributed by atoms with Gasteiger partial charge in [0.15, 0.2) is 17.6 Å². The van der Waals surface area contributed by atoms with Crippen LogP contribution in [0.2, 0.25) is 0 Å². The van der Waals surface area contributed by atoms with Crippen LogP contribution in [0, 0.1) is 5.92 Å². The largest absolute Gasteiger partial charge is 0.493 e. The lowest BCUT2D eigenvalue weighted by Crippen LogP contribution is -2.65. The molecule has 0 saturated carbocycles. The first kappa shape index (κ1) is 18.0. The highest BCUT2D eigenvalue weighted by Gasteiger charge is 2.65. The van der Waals surface area contributed by atoms with Crippen LogP contribution in [0.25, 0.3) is 0 Å². The Hall–Kier alpha value is -2.05. The molecule has 1 fully saturated rings. The van der Waals surface area contributed by atoms with E-state index in [4.69, 9.17) is 19.9 Å². The summed E-state index contributed by atoms with van der Waals surface area (Å²) in [5.41, 5.74) is 8.02. The molecule has 2 bridgehead atoms. The maximum atomic E-state index is 12.3. The zero-order valence-electron chi connectivity index (χ0n) is 16.5. The topological polar surface area (TPSA) is 74.0 Å². The number of methoxy groups -OCH3 is 1. The van der Waals surface area contributed by atoms with E-state index < -0.39 is 0 Å². The van der Waals surface area contributed by atoms with Crippen molar-refractivity contribution in [3.05, 3.63) is 35.4 Å². The molecule has 6 heteroatoms. The number of esters is 1. The third-order valence-electron chi connectivity index (χ3n) is 7.19. The van der Waals surface area contributed by atoms with E-state index in [0.29, 0.717) is 31.3 Å². The van der Waals surface area contributed by atoms with Crippen LogP contribution >= 0.6 is 0 Å². The molecular formula is C22H28N2O4. The van der Waals surface area contributed by atoms with E-state index >= 15 is 0 Å². The Balaban J connectivity index is 1.59. The third kappa shape index (κ3) is 2.31. The van der Waals surface area contributed by atoms with Crippen molar-refractivity contribution >= 4 is 5.97 Å². The molecule has 2 N–H and O–H groups in total. The number of carbonyl (C=O) groups excluding carboxylic acids is 1. The van der Waals surface area contributed by atoms with Gasteiger partial charge >= 0.3 is 5.97 Å². The first-order valence-electron chi connectivity index (χ1n) is 10.2. The number of benzene rings is 1. The lowest BCUT2D eigenvalue weighted by Gasteiger charge is -2.56. The number of piperidine rings is 1. The Morgan fingerprint density at radius 1 is 1.39 bits per heavy atom. The number of rotatable bonds is 5. The second-order valence-corrected chi connectivity index (χ2v) is 8.47. The standard InChI is InChI=1S/C22H28N2O4/c1-24-11-9-22-14-6-8-17(27-18(25)4-3-10-23)21(22)28-20-16(26-2)7-5-13(19(20)22)12-15(14)24/h5-8,14-15,17,21H,3-4,9-12,23H2,1-2H3/t14-,15?,17?,21?,22-/m0/s1. The van der Waals surface area contributed by atoms with Crippen LogP contribution in [-0.2, 0) is 21.4 Å². The molecule has 5 rings (SSSR count). The van der Waals surface area contributed by atoms with Crippen LogP contribution in [0.3, 0.4) is 0 Å². The van der Waals surface area contributed by atoms with Crippen molar-refractivity contribution in [2.24, 2.45) is 11.7 Å². The maximum Gasteiger partial charge on any atom is 0.306 e. The number of ether oxygens (including phenoxy) is 3. The summed E-state index contributed by atoms with van der Waals surface area (Å²) in [4.78, 5) is 14.8. The Morgan fingerprint density at radius 2 is 2.25 bits per heavy atom. The van der Waals surface area contributed by atoms with Crippen molar-refractivity contribution < 1.29 is 19.0 Å². The lowest BCUT2D eigenvalue weighted by molar-refractivity contribution is -0.155. The average molecular weight is 384 g/mol. The van der Waals surface area contributed by atoms with Crippen molar-refractivity contribution in [3.8, 4) is 11.5 Å². The summed E-state index contributed by atoms with van der Waals surface area (Å²) < 4.78 is 18.1. The summed E-state index contributed by atoms with van der Waals surface area (Å²) in [6.45, 7) is 1.50. The number of nitrogens with zero attached hydrogens (tertiary/aromatic N) is 1. The van der Waals surface area contributed by atoms with E-state index in [0.717, 1.165) is 30.9 Å². The van der Waals surface area contributed by atoms with Gasteiger partial charge in [-0.2, -0.15) is 0 Å². The monoisotopic (exact) mass is 384 g/mol. The molecule has 5 atom stereocenters. The highest BCUT2D eigenvalue weighted by Crippen LogP contribution is 2.62. The minimum absolute atomic E-state index is 0.151. The first-order chi connectivity index (χ1) is 13.6. The molecule has 1 aromatic rings. The van der Waals surface area contributed by atoms with Crippen LogP contribution in [-0.4, -0.2) is 56.4 Å². The molecule has 3 unspecified atom stereocenters. The van der Waals surface area contributed by atoms with Gasteiger partial charge in [0, 0.05) is 29.4 Å². The van der Waals surface area contributed by atoms with Gasteiger partial charge in [-0.1, -0.05) is 12.1 Å². The molecule has 2 aliphatic heterocycles. The van der Waals surface area contributed by atoms with E-state index in [-0.39, 0.29) is 23.6 Å². The molecule has 2 aliphatic carbocycles. The van der Waals surface area contributed by atoms with Gasteiger partial charge in [-0.25, -0.2) is 0 Å². The number of carbonyl (C=O) groups is 1. The maximum absolute atomic E-state index is 12.3. The molecule has 1 aromatic carbocycles. The van der Waals surface area contributed by atoms with Crippen LogP contribution < -0.4 is 15.2 Å². The Labute approximate surface area is 165 Å². The van der Waals surface area contributed by atoms with Crippen molar-refractivity contribution in [3.63, 3.8) is 0 Å². The molecule has 0 aromatic heterocycles. The summed E-state index contributed by atoms with van der Waals surface area (Å²) in [5, 5.41) is 0. The average Bonchev–Trinajstić information content (AvgIpc) is 3.05. The molecule has 1 saturated heterocycles. The van der Waals surface area contributed by atoms with Gasteiger partial charge in [0.1, 0.15) is 6.10 Å². The zero-order chi connectivity index (χ0) is 19.5. The SMILES string of the molecule is COc1ccc2c3c1OC1C(OC(=O)CCCN)C=C[C@H]4C(C2)N(C)CC[C@]314. The third-order valence-corrected chi connectivity index (χ3v) is 7.19. The van der Waals surface area contributed by atoms with E-state index in [2.05, 4.69) is 24.1 Å². The molecule has 6 nitrogen and oxygen atoms in total. The summed E-state index contributed by atoms with van der Waals surface area (Å²) in [5.74, 6) is 1.77. The molecule has 2 heterocycles. The van der Waals surface area contributed by atoms with Gasteiger partial charge in [0.05, 0.1) is 7.11 Å². The summed E-state index contributed by atoms with van der Waals surface area (Å²) in [7, 11) is 3.89. The Bertz CT molecular complexity index is 838. The van der Waals surface area contributed by atoms with Crippen LogP contribution in [0.5, 0.6) is 11.5 Å². The summed E-state index contributed by atoms with van der Waals surface area (Å²) in [6, 6.07) is 4.64. The number of likely N-dealkylation sites (N-methyl/N-ethyl adjacent to an activating group) is 1. The number of hydrogen-bond acceptors (Lipinski definition) is 6. The Morgan fingerprint density at radius 3 is 3.04 bits per heavy atom. The fourth-order valence-corrected chi connectivity index (χ4v) is 5.93. The van der Waals surface area contributed by atoms with Crippen molar-refractivity contribution in [1.82, 2.24) is 4.90 Å². The minimum Gasteiger partial charge on any atom is -0.493 e. The van der Waals surface area contributed by atoms with Gasteiger partial charge in [0.2, 0.25) is 0 Å². The second kappa shape index (κ2) is 6.49. The highest BCUT2D eigenvalue weighted by molar-refractivity contribution is 5.70. The van der Waals surface area contributed by atoms with Crippen molar-refractivity contribution in [1.29, 1.82) is 0 Å². The predicted octanol–water partition coefficient (Wildman–Crippen LogP) is 1.79. The number of likely N-dealkylation sites (tertiary alicyclic amines) is 1. The molecule has 1 spiro atoms. The van der Waals surface area contributed by atoms with Gasteiger partial charge < -0.3 is 24.8 Å². The molecule has 0 amide bonds. The normalized spacial score (nSPS) is 34.5. The highest BCUT2D eigenvalue weighted by atomic mass is 16.6. The van der Waals surface area contributed by atoms with E-state index in [1.54, 1.807) is 7.11 Å². The lowest BCUT2D eigenvalue weighted by atomic mass is 9.53. The molecule has 4 aliphatic rings. The van der Waals surface area contributed by atoms with E-state index in [9.17, 15) is 4.79 Å². The minimum atomic E-state index is -0.381. The van der Waals surface area contributed by atoms with Gasteiger partial charge in [0.25, 0.3) is 0 Å². The fourth-order valence-electron chi connectivity index (χ4n) is 5.93. The van der Waals surface area contributed by atoms with Gasteiger partial charge in [-0.3, -0.25) is 4.79 Å². The first-order valence-corrected chi connectivity index (χ1v) is 10.2. The quantitative estimate of drug-likeness (QED) is 0.616. The second-order valence-electron chi connectivity index (χ2n) is 8.47. The number of nitrogens with two attached hydrogens (primary N) is 1. The summed E-state index contributed by atoms with van der Waals surface area (Å²) in [6.07, 6.45) is 6.72.